The lowest BCUT2D eigenvalue weighted by atomic mass is 9.64. The van der Waals surface area contributed by atoms with E-state index in [1.165, 1.54) is 6.42 Å². The van der Waals surface area contributed by atoms with Crippen LogP contribution < -0.4 is 0 Å². The van der Waals surface area contributed by atoms with Crippen LogP contribution in [0.4, 0.5) is 0 Å². The van der Waals surface area contributed by atoms with Crippen LogP contribution in [0.2, 0.25) is 0 Å². The topological polar surface area (TPSA) is 37.3 Å². The predicted molar refractivity (Wildman–Crippen MR) is 52.7 cm³/mol. The molecule has 0 aromatic carbocycles. The van der Waals surface area contributed by atoms with Crippen molar-refractivity contribution >= 4 is 5.78 Å². The molecular weight excluding hydrogens is 176 g/mol. The molecule has 4 atom stereocenters. The van der Waals surface area contributed by atoms with Crippen molar-refractivity contribution in [2.75, 3.05) is 0 Å². The SMILES string of the molecule is O=C1CCC2(CC3C=CC2C3)C(O)C1. The Morgan fingerprint density at radius 2 is 2.29 bits per heavy atom. The first-order valence-electron chi connectivity index (χ1n) is 5.59. The Labute approximate surface area is 84.0 Å². The van der Waals surface area contributed by atoms with Crippen molar-refractivity contribution in [3.8, 4) is 0 Å². The van der Waals surface area contributed by atoms with Crippen molar-refractivity contribution in [3.63, 3.8) is 0 Å². The van der Waals surface area contributed by atoms with E-state index in [0.29, 0.717) is 24.7 Å². The lowest BCUT2D eigenvalue weighted by molar-refractivity contribution is -0.130. The number of aliphatic hydroxyl groups is 1. The summed E-state index contributed by atoms with van der Waals surface area (Å²) >= 11 is 0. The fraction of sp³-hybridized carbons (Fsp3) is 0.750. The molecule has 0 saturated heterocycles. The molecule has 0 aliphatic heterocycles. The van der Waals surface area contributed by atoms with E-state index in [0.717, 1.165) is 12.8 Å². The first-order chi connectivity index (χ1) is 6.71. The number of allylic oxidation sites excluding steroid dienone is 2. The average molecular weight is 192 g/mol. The van der Waals surface area contributed by atoms with Crippen LogP contribution in [0.5, 0.6) is 0 Å². The maximum atomic E-state index is 11.2. The Balaban J connectivity index is 1.90. The summed E-state index contributed by atoms with van der Waals surface area (Å²) in [6, 6.07) is 0. The molecule has 3 aliphatic carbocycles. The molecule has 2 fully saturated rings. The molecule has 0 amide bonds. The monoisotopic (exact) mass is 192 g/mol. The van der Waals surface area contributed by atoms with Gasteiger partial charge in [-0.25, -0.2) is 0 Å². The maximum Gasteiger partial charge on any atom is 0.135 e. The Hall–Kier alpha value is -0.630. The van der Waals surface area contributed by atoms with Crippen LogP contribution >= 0.6 is 0 Å². The van der Waals surface area contributed by atoms with Crippen LogP contribution in [0.25, 0.3) is 0 Å². The van der Waals surface area contributed by atoms with Crippen LogP contribution in [0.15, 0.2) is 12.2 Å². The Morgan fingerprint density at radius 3 is 2.86 bits per heavy atom. The van der Waals surface area contributed by atoms with Gasteiger partial charge in [-0.3, -0.25) is 4.79 Å². The molecule has 0 radical (unpaired) electrons. The third-order valence-corrected chi connectivity index (χ3v) is 4.51. The van der Waals surface area contributed by atoms with Crippen molar-refractivity contribution in [1.82, 2.24) is 0 Å². The second-order valence-electron chi connectivity index (χ2n) is 5.18. The zero-order chi connectivity index (χ0) is 9.76. The lowest BCUT2D eigenvalue weighted by Crippen LogP contribution is -2.43. The number of fused-ring (bicyclic) bond motifs is 3. The number of aliphatic hydroxyl groups excluding tert-OH is 1. The fourth-order valence-electron chi connectivity index (χ4n) is 3.72. The molecule has 2 heteroatoms. The van der Waals surface area contributed by atoms with Crippen LogP contribution in [-0.2, 0) is 4.79 Å². The number of hydrogen-bond acceptors (Lipinski definition) is 2. The van der Waals surface area contributed by atoms with E-state index in [4.69, 9.17) is 0 Å². The van der Waals surface area contributed by atoms with E-state index < -0.39 is 0 Å². The first-order valence-corrected chi connectivity index (χ1v) is 5.59. The van der Waals surface area contributed by atoms with Gasteiger partial charge in [0.05, 0.1) is 6.10 Å². The third-order valence-electron chi connectivity index (χ3n) is 4.51. The Bertz CT molecular complexity index is 307. The highest BCUT2D eigenvalue weighted by molar-refractivity contribution is 5.80. The second kappa shape index (κ2) is 2.69. The van der Waals surface area contributed by atoms with Gasteiger partial charge in [-0.05, 0) is 31.1 Å². The van der Waals surface area contributed by atoms with Crippen molar-refractivity contribution in [2.24, 2.45) is 17.3 Å². The molecule has 1 N–H and O–H groups in total. The van der Waals surface area contributed by atoms with E-state index in [1.54, 1.807) is 0 Å². The molecule has 3 rings (SSSR count). The molecule has 2 nitrogen and oxygen atoms in total. The molecule has 2 bridgehead atoms. The summed E-state index contributed by atoms with van der Waals surface area (Å²) in [4.78, 5) is 11.2. The first kappa shape index (κ1) is 8.66. The summed E-state index contributed by atoms with van der Waals surface area (Å²) in [6.07, 6.45) is 8.52. The number of rotatable bonds is 0. The van der Waals surface area contributed by atoms with E-state index in [1.807, 2.05) is 0 Å². The third kappa shape index (κ3) is 0.977. The van der Waals surface area contributed by atoms with E-state index in [-0.39, 0.29) is 17.3 Å². The van der Waals surface area contributed by atoms with Crippen molar-refractivity contribution in [2.45, 2.75) is 38.2 Å². The standard InChI is InChI=1S/C12H16O2/c13-10-3-4-12(11(14)6-10)7-8-1-2-9(12)5-8/h1-2,8-9,11,14H,3-7H2. The zero-order valence-corrected chi connectivity index (χ0v) is 8.28. The predicted octanol–water partition coefficient (Wildman–Crippen LogP) is 1.68. The number of ketones is 1. The molecule has 14 heavy (non-hydrogen) atoms. The summed E-state index contributed by atoms with van der Waals surface area (Å²) < 4.78 is 0. The van der Waals surface area contributed by atoms with Gasteiger partial charge in [-0.2, -0.15) is 0 Å². The molecule has 1 spiro atoms. The minimum absolute atomic E-state index is 0.0767. The number of hydrogen-bond donors (Lipinski definition) is 1. The molecule has 3 aliphatic rings. The lowest BCUT2D eigenvalue weighted by Gasteiger charge is -2.42. The molecule has 2 saturated carbocycles. The van der Waals surface area contributed by atoms with Gasteiger partial charge in [0.15, 0.2) is 0 Å². The highest BCUT2D eigenvalue weighted by Gasteiger charge is 2.54. The largest absolute Gasteiger partial charge is 0.392 e. The molecule has 0 aromatic rings. The molecule has 76 valence electrons. The summed E-state index contributed by atoms with van der Waals surface area (Å²) in [6.45, 7) is 0. The van der Waals surface area contributed by atoms with Crippen molar-refractivity contribution < 1.29 is 9.90 Å². The van der Waals surface area contributed by atoms with Gasteiger partial charge in [0.25, 0.3) is 0 Å². The summed E-state index contributed by atoms with van der Waals surface area (Å²) in [7, 11) is 0. The van der Waals surface area contributed by atoms with Crippen LogP contribution in [0.3, 0.4) is 0 Å². The van der Waals surface area contributed by atoms with Crippen LogP contribution in [0, 0.1) is 17.3 Å². The number of Topliss-reactive ketones (excluding diaryl/α,β-unsaturated/α-hetero) is 1. The van der Waals surface area contributed by atoms with Gasteiger partial charge in [0, 0.05) is 18.3 Å². The van der Waals surface area contributed by atoms with Gasteiger partial charge < -0.3 is 5.11 Å². The van der Waals surface area contributed by atoms with E-state index >= 15 is 0 Å². The van der Waals surface area contributed by atoms with E-state index in [9.17, 15) is 9.90 Å². The van der Waals surface area contributed by atoms with E-state index in [2.05, 4.69) is 12.2 Å². The van der Waals surface area contributed by atoms with Crippen LogP contribution in [0.1, 0.15) is 32.1 Å². The molecule has 4 unspecified atom stereocenters. The quantitative estimate of drug-likeness (QED) is 0.593. The Morgan fingerprint density at radius 1 is 1.43 bits per heavy atom. The molecule has 0 aromatic heterocycles. The maximum absolute atomic E-state index is 11.2. The molecule has 0 heterocycles. The summed E-state index contributed by atoms with van der Waals surface area (Å²) in [5, 5.41) is 10.1. The Kier molecular flexibility index (Phi) is 1.67. The highest BCUT2D eigenvalue weighted by Crippen LogP contribution is 2.58. The molecular formula is C12H16O2. The highest BCUT2D eigenvalue weighted by atomic mass is 16.3. The van der Waals surface area contributed by atoms with Gasteiger partial charge in [0.2, 0.25) is 0 Å². The van der Waals surface area contributed by atoms with Gasteiger partial charge in [-0.1, -0.05) is 12.2 Å². The average Bonchev–Trinajstić information content (AvgIpc) is 2.72. The summed E-state index contributed by atoms with van der Waals surface area (Å²) in [5.74, 6) is 1.48. The fourth-order valence-corrected chi connectivity index (χ4v) is 3.72. The minimum Gasteiger partial charge on any atom is -0.392 e. The van der Waals surface area contributed by atoms with Crippen molar-refractivity contribution in [3.05, 3.63) is 12.2 Å². The summed E-state index contributed by atoms with van der Waals surface area (Å²) in [5.41, 5.74) is 0.0767. The number of carbonyl (C=O) groups is 1. The zero-order valence-electron chi connectivity index (χ0n) is 8.28. The van der Waals surface area contributed by atoms with Crippen molar-refractivity contribution in [1.29, 1.82) is 0 Å². The van der Waals surface area contributed by atoms with Gasteiger partial charge in [0.1, 0.15) is 5.78 Å². The number of carbonyl (C=O) groups excluding carboxylic acids is 1. The van der Waals surface area contributed by atoms with Crippen LogP contribution in [-0.4, -0.2) is 17.0 Å². The normalized spacial score (nSPS) is 50.6. The minimum atomic E-state index is -0.372. The van der Waals surface area contributed by atoms with Gasteiger partial charge in [-0.15, -0.1) is 0 Å². The second-order valence-corrected chi connectivity index (χ2v) is 5.18. The van der Waals surface area contributed by atoms with Gasteiger partial charge >= 0.3 is 0 Å². The smallest absolute Gasteiger partial charge is 0.135 e.